The first kappa shape index (κ1) is 18.4. The minimum absolute atomic E-state index is 0.0598. The summed E-state index contributed by atoms with van der Waals surface area (Å²) in [5.41, 5.74) is 5.36. The quantitative estimate of drug-likeness (QED) is 0.178. The number of hydrogen-bond acceptors (Lipinski definition) is 6. The molecule has 20 heavy (non-hydrogen) atoms. The molecule has 0 aliphatic carbocycles. The maximum atomic E-state index is 11.5. The van der Waals surface area contributed by atoms with E-state index in [1.54, 1.807) is 0 Å². The van der Waals surface area contributed by atoms with Crippen LogP contribution in [0.3, 0.4) is 0 Å². The Morgan fingerprint density at radius 3 is 2.60 bits per heavy atom. The van der Waals surface area contributed by atoms with Gasteiger partial charge in [-0.05, 0) is 33.5 Å². The number of unbranched alkanes of at least 4 members (excludes halogenated alkanes) is 1. The van der Waals surface area contributed by atoms with Crippen molar-refractivity contribution in [2.45, 2.75) is 19.3 Å². The lowest BCUT2D eigenvalue weighted by atomic mass is 10.3. The van der Waals surface area contributed by atoms with Gasteiger partial charge in [0.2, 0.25) is 5.28 Å². The third kappa shape index (κ3) is 9.34. The number of hydrazine groups is 1. The maximum absolute atomic E-state index is 11.5. The van der Waals surface area contributed by atoms with Crippen LogP contribution in [-0.2, 0) is 9.53 Å². The second kappa shape index (κ2) is 11.2. The monoisotopic (exact) mass is 291 g/mol. The predicted molar refractivity (Wildman–Crippen MR) is 71.8 cm³/mol. The lowest BCUT2D eigenvalue weighted by molar-refractivity contribution is -0.709. The van der Waals surface area contributed by atoms with E-state index in [1.807, 2.05) is 19.0 Å². The number of nitrogens with zero attached hydrogens (tertiary/aromatic N) is 4. The highest BCUT2D eigenvalue weighted by molar-refractivity contribution is 5.69. The Balaban J connectivity index is 4.02. The largest absolute Gasteiger partial charge is 0.569 e. The number of esters is 1. The summed E-state index contributed by atoms with van der Waals surface area (Å²) in [5.74, 6) is -0.387. The zero-order valence-electron chi connectivity index (χ0n) is 12.2. The zero-order valence-corrected chi connectivity index (χ0v) is 12.2. The van der Waals surface area contributed by atoms with Crippen molar-refractivity contribution in [1.29, 1.82) is 0 Å². The number of carbonyl (C=O) groups is 1. The van der Waals surface area contributed by atoms with E-state index in [9.17, 15) is 10.0 Å². The Labute approximate surface area is 119 Å². The molecule has 0 unspecified atom stereocenters. The molecule has 0 radical (unpaired) electrons. The molecule has 0 atom stereocenters. The van der Waals surface area contributed by atoms with Crippen LogP contribution in [0.1, 0.15) is 19.3 Å². The highest BCUT2D eigenvalue weighted by atomic mass is 16.6. The van der Waals surface area contributed by atoms with E-state index in [2.05, 4.69) is 5.28 Å². The average Bonchev–Trinajstić information content (AvgIpc) is 2.41. The maximum Gasteiger partial charge on any atom is 0.307 e. The second-order valence-corrected chi connectivity index (χ2v) is 4.57. The SMILES string of the molecule is CN(C)CCOC(=O)CCN(CCCCN)/[N+]([O-])=N/O. The van der Waals surface area contributed by atoms with Gasteiger partial charge in [0.1, 0.15) is 6.61 Å². The van der Waals surface area contributed by atoms with Crippen LogP contribution in [0.15, 0.2) is 5.28 Å². The van der Waals surface area contributed by atoms with Crippen LogP contribution in [-0.4, -0.2) is 72.9 Å². The van der Waals surface area contributed by atoms with E-state index >= 15 is 0 Å². The number of rotatable bonds is 11. The van der Waals surface area contributed by atoms with Crippen LogP contribution >= 0.6 is 0 Å². The molecule has 0 aromatic rings. The summed E-state index contributed by atoms with van der Waals surface area (Å²) >= 11 is 0. The van der Waals surface area contributed by atoms with Crippen molar-refractivity contribution in [2.24, 2.45) is 11.0 Å². The molecular formula is C11H25N5O4. The van der Waals surface area contributed by atoms with Crippen molar-refractivity contribution in [2.75, 3.05) is 46.9 Å². The van der Waals surface area contributed by atoms with Crippen LogP contribution in [0.5, 0.6) is 0 Å². The molecule has 0 bridgehead atoms. The summed E-state index contributed by atoms with van der Waals surface area (Å²) in [6, 6.07) is 0. The first-order chi connectivity index (χ1) is 9.51. The van der Waals surface area contributed by atoms with Gasteiger partial charge in [-0.3, -0.25) is 4.79 Å². The molecule has 0 aromatic carbocycles. The molecule has 0 aromatic heterocycles. The van der Waals surface area contributed by atoms with Gasteiger partial charge in [-0.1, -0.05) is 0 Å². The second-order valence-electron chi connectivity index (χ2n) is 4.57. The predicted octanol–water partition coefficient (Wildman–Crippen LogP) is -0.211. The number of likely N-dealkylation sites (N-methyl/N-ethyl adjacent to an activating group) is 1. The van der Waals surface area contributed by atoms with Gasteiger partial charge in [0.05, 0.1) is 24.5 Å². The molecule has 3 N–H and O–H groups in total. The fourth-order valence-electron chi connectivity index (χ4n) is 1.41. The lowest BCUT2D eigenvalue weighted by Crippen LogP contribution is -2.34. The minimum Gasteiger partial charge on any atom is -0.569 e. The summed E-state index contributed by atoms with van der Waals surface area (Å²) < 4.78 is 5.00. The highest BCUT2D eigenvalue weighted by Gasteiger charge is 2.15. The Morgan fingerprint density at radius 2 is 2.05 bits per heavy atom. The van der Waals surface area contributed by atoms with Crippen molar-refractivity contribution >= 4 is 5.97 Å². The molecule has 9 nitrogen and oxygen atoms in total. The van der Waals surface area contributed by atoms with Crippen molar-refractivity contribution in [3.8, 4) is 0 Å². The molecular weight excluding hydrogens is 266 g/mol. The first-order valence-electron chi connectivity index (χ1n) is 6.58. The first-order valence-corrected chi connectivity index (χ1v) is 6.58. The Bertz CT molecular complexity index is 299. The van der Waals surface area contributed by atoms with Gasteiger partial charge in [-0.15, -0.1) is 5.01 Å². The molecule has 0 rings (SSSR count). The van der Waals surface area contributed by atoms with Gasteiger partial charge >= 0.3 is 5.97 Å². The summed E-state index contributed by atoms with van der Waals surface area (Å²) in [5, 5.41) is 23.5. The smallest absolute Gasteiger partial charge is 0.307 e. The van der Waals surface area contributed by atoms with E-state index in [4.69, 9.17) is 15.7 Å². The van der Waals surface area contributed by atoms with Gasteiger partial charge in [0, 0.05) is 6.54 Å². The molecule has 9 heteroatoms. The number of nitrogens with two attached hydrogens (primary N) is 1. The highest BCUT2D eigenvalue weighted by Crippen LogP contribution is 1.99. The number of ether oxygens (including phenoxy) is 1. The van der Waals surface area contributed by atoms with Crippen molar-refractivity contribution in [1.82, 2.24) is 9.91 Å². The fourth-order valence-corrected chi connectivity index (χ4v) is 1.41. The van der Waals surface area contributed by atoms with Crippen LogP contribution in [0, 0.1) is 5.21 Å². The van der Waals surface area contributed by atoms with Crippen LogP contribution in [0.25, 0.3) is 0 Å². The molecule has 0 aliphatic heterocycles. The zero-order chi connectivity index (χ0) is 15.4. The lowest BCUT2D eigenvalue weighted by Gasteiger charge is -2.17. The summed E-state index contributed by atoms with van der Waals surface area (Å²) in [6.45, 7) is 1.99. The van der Waals surface area contributed by atoms with Crippen LogP contribution < -0.4 is 5.73 Å². The van der Waals surface area contributed by atoms with E-state index in [1.165, 1.54) is 5.01 Å². The Hall–Kier alpha value is -1.61. The van der Waals surface area contributed by atoms with Crippen molar-refractivity contribution in [3.05, 3.63) is 5.21 Å². The summed E-state index contributed by atoms with van der Waals surface area (Å²) in [4.78, 5) is 13.4. The molecule has 0 fully saturated rings. The molecule has 0 heterocycles. The van der Waals surface area contributed by atoms with Gasteiger partial charge in [0.25, 0.3) is 0 Å². The summed E-state index contributed by atoms with van der Waals surface area (Å²) in [7, 11) is 3.76. The third-order valence-electron chi connectivity index (χ3n) is 2.56. The summed E-state index contributed by atoms with van der Waals surface area (Å²) in [6.07, 6.45) is 1.49. The van der Waals surface area contributed by atoms with Crippen molar-refractivity contribution < 1.29 is 19.7 Å². The van der Waals surface area contributed by atoms with E-state index < -0.39 is 0 Å². The normalized spacial score (nSPS) is 11.7. The molecule has 0 saturated carbocycles. The van der Waals surface area contributed by atoms with E-state index in [0.29, 0.717) is 32.7 Å². The topological polar surface area (TPSA) is 117 Å². The van der Waals surface area contributed by atoms with E-state index in [-0.39, 0.29) is 23.9 Å². The van der Waals surface area contributed by atoms with Gasteiger partial charge < -0.3 is 25.8 Å². The Morgan fingerprint density at radius 1 is 1.35 bits per heavy atom. The number of carbonyl (C=O) groups excluding carboxylic acids is 1. The molecule has 118 valence electrons. The molecule has 0 amide bonds. The standard InChI is InChI=1S/C11H25N5O4/c1-14(2)9-10-20-11(17)5-8-15(16(19)13-18)7-4-3-6-12/h18H,3-10,12H2,1-2H3/b16-13-. The molecule has 0 spiro atoms. The average molecular weight is 291 g/mol. The van der Waals surface area contributed by atoms with Gasteiger partial charge in [-0.2, -0.15) is 0 Å². The van der Waals surface area contributed by atoms with Gasteiger partial charge in [-0.25, -0.2) is 0 Å². The third-order valence-corrected chi connectivity index (χ3v) is 2.56. The number of hydrogen-bond donors (Lipinski definition) is 2. The fraction of sp³-hybridized carbons (Fsp3) is 0.909. The van der Waals surface area contributed by atoms with Crippen molar-refractivity contribution in [3.63, 3.8) is 0 Å². The molecule has 0 aliphatic rings. The Kier molecular flexibility index (Phi) is 10.3. The van der Waals surface area contributed by atoms with Crippen LogP contribution in [0.2, 0.25) is 0 Å². The minimum atomic E-state index is -0.387. The van der Waals surface area contributed by atoms with Crippen LogP contribution in [0.4, 0.5) is 0 Å². The van der Waals surface area contributed by atoms with Gasteiger partial charge in [0.15, 0.2) is 0 Å². The molecule has 0 saturated heterocycles. The van der Waals surface area contributed by atoms with E-state index in [0.717, 1.165) is 6.42 Å².